The van der Waals surface area contributed by atoms with Crippen molar-refractivity contribution in [2.45, 2.75) is 44.2 Å². The summed E-state index contributed by atoms with van der Waals surface area (Å²) in [5.41, 5.74) is 0.835. The Kier molecular flexibility index (Phi) is 8.83. The van der Waals surface area contributed by atoms with E-state index in [0.29, 0.717) is 6.42 Å². The molecule has 0 saturated carbocycles. The summed E-state index contributed by atoms with van der Waals surface area (Å²) in [5, 5.41) is 4.56. The van der Waals surface area contributed by atoms with Crippen LogP contribution in [0.5, 0.6) is 0 Å². The molecule has 138 valence electrons. The fourth-order valence-electron chi connectivity index (χ4n) is 1.96. The highest BCUT2D eigenvalue weighted by atomic mass is 32.1. The van der Waals surface area contributed by atoms with Gasteiger partial charge in [0, 0.05) is 5.25 Å². The van der Waals surface area contributed by atoms with Crippen LogP contribution in [-0.4, -0.2) is 42.4 Å². The van der Waals surface area contributed by atoms with Gasteiger partial charge in [0.15, 0.2) is 0 Å². The van der Waals surface area contributed by atoms with Gasteiger partial charge in [0.2, 0.25) is 5.91 Å². The first-order valence-electron chi connectivity index (χ1n) is 7.92. The highest BCUT2D eigenvalue weighted by molar-refractivity contribution is 7.81. The molecule has 1 aromatic rings. The maximum Gasteiger partial charge on any atom is 0.408 e. The van der Waals surface area contributed by atoms with Gasteiger partial charge in [0.25, 0.3) is 0 Å². The van der Waals surface area contributed by atoms with Crippen LogP contribution in [0.25, 0.3) is 0 Å². The number of benzene rings is 1. The van der Waals surface area contributed by atoms with Crippen molar-refractivity contribution in [2.24, 2.45) is 0 Å². The Morgan fingerprint density at radius 3 is 2.36 bits per heavy atom. The van der Waals surface area contributed by atoms with Crippen LogP contribution in [0.3, 0.4) is 0 Å². The fraction of sp³-hybridized carbons (Fsp3) is 0.471. The lowest BCUT2D eigenvalue weighted by atomic mass is 10.1. The first-order valence-corrected chi connectivity index (χ1v) is 8.44. The summed E-state index contributed by atoms with van der Waals surface area (Å²) < 4.78 is 9.72. The van der Waals surface area contributed by atoms with Crippen LogP contribution in [0.2, 0.25) is 0 Å². The lowest BCUT2D eigenvalue weighted by molar-refractivity contribution is -0.145. The van der Waals surface area contributed by atoms with Crippen molar-refractivity contribution in [3.8, 4) is 0 Å². The van der Waals surface area contributed by atoms with Crippen molar-refractivity contribution in [3.05, 3.63) is 35.9 Å². The van der Waals surface area contributed by atoms with Crippen molar-refractivity contribution < 1.29 is 23.9 Å². The first kappa shape index (κ1) is 20.8. The third-order valence-electron chi connectivity index (χ3n) is 3.50. The molecule has 3 atom stereocenters. The zero-order chi connectivity index (χ0) is 18.8. The fourth-order valence-corrected chi connectivity index (χ4v) is 2.16. The summed E-state index contributed by atoms with van der Waals surface area (Å²) in [7, 11) is 1.24. The molecule has 0 spiro atoms. The molecule has 0 heterocycles. The number of ether oxygens (including phenoxy) is 2. The minimum absolute atomic E-state index is 0.0976. The highest BCUT2D eigenvalue weighted by Gasteiger charge is 2.29. The minimum atomic E-state index is -0.893. The number of thiol groups is 1. The van der Waals surface area contributed by atoms with Crippen LogP contribution in [0, 0.1) is 0 Å². The Bertz CT molecular complexity index is 582. The van der Waals surface area contributed by atoms with Gasteiger partial charge in [-0.15, -0.1) is 0 Å². The van der Waals surface area contributed by atoms with Gasteiger partial charge in [0.05, 0.1) is 7.11 Å². The summed E-state index contributed by atoms with van der Waals surface area (Å²) in [4.78, 5) is 35.7. The number of amides is 2. The number of methoxy groups -OCH3 is 1. The van der Waals surface area contributed by atoms with Gasteiger partial charge in [-0.1, -0.05) is 37.3 Å². The Morgan fingerprint density at radius 1 is 1.16 bits per heavy atom. The van der Waals surface area contributed by atoms with E-state index < -0.39 is 35.3 Å². The van der Waals surface area contributed by atoms with Crippen molar-refractivity contribution in [3.63, 3.8) is 0 Å². The molecule has 1 rings (SSSR count). The monoisotopic (exact) mass is 368 g/mol. The molecular formula is C17H24N2O5S. The molecule has 0 bridgehead atoms. The highest BCUT2D eigenvalue weighted by Crippen LogP contribution is 2.09. The summed E-state index contributed by atoms with van der Waals surface area (Å²) in [6, 6.07) is 7.40. The standard InChI is InChI=1S/C17H24N2O5S/c1-4-13(25)14(16(21)23-3)19-15(20)11(2)18-17(22)24-10-12-8-6-5-7-9-12/h5-9,11,13-14,25H,4,10H2,1-3H3,(H,18,22)(H,19,20)/t11-,13+,14-/m0/s1. The zero-order valence-electron chi connectivity index (χ0n) is 14.5. The van der Waals surface area contributed by atoms with Gasteiger partial charge in [-0.3, -0.25) is 4.79 Å². The molecule has 0 radical (unpaired) electrons. The Morgan fingerprint density at radius 2 is 1.80 bits per heavy atom. The molecule has 0 saturated heterocycles. The predicted octanol–water partition coefficient (Wildman–Crippen LogP) is 1.67. The van der Waals surface area contributed by atoms with Gasteiger partial charge in [0.1, 0.15) is 18.7 Å². The molecular weight excluding hydrogens is 344 g/mol. The third-order valence-corrected chi connectivity index (χ3v) is 4.16. The number of hydrogen-bond donors (Lipinski definition) is 3. The normalized spacial score (nSPS) is 13.9. The second kappa shape index (κ2) is 10.6. The summed E-state index contributed by atoms with van der Waals surface area (Å²) in [6.45, 7) is 3.43. The number of hydrogen-bond acceptors (Lipinski definition) is 6. The lowest BCUT2D eigenvalue weighted by Crippen LogP contribution is -2.53. The van der Waals surface area contributed by atoms with Crippen LogP contribution in [0.1, 0.15) is 25.8 Å². The van der Waals surface area contributed by atoms with E-state index in [2.05, 4.69) is 28.0 Å². The smallest absolute Gasteiger partial charge is 0.408 e. The number of rotatable bonds is 8. The molecule has 0 unspecified atom stereocenters. The minimum Gasteiger partial charge on any atom is -0.467 e. The molecule has 0 aliphatic heterocycles. The SMILES string of the molecule is CC[C@@H](S)[C@H](NC(=O)[C@H](C)NC(=O)OCc1ccccc1)C(=O)OC. The average Bonchev–Trinajstić information content (AvgIpc) is 2.63. The van der Waals surface area contributed by atoms with Gasteiger partial charge < -0.3 is 20.1 Å². The molecule has 25 heavy (non-hydrogen) atoms. The van der Waals surface area contributed by atoms with E-state index >= 15 is 0 Å². The van der Waals surface area contributed by atoms with Gasteiger partial charge >= 0.3 is 12.1 Å². The maximum absolute atomic E-state index is 12.2. The number of alkyl carbamates (subject to hydrolysis) is 1. The third kappa shape index (κ3) is 7.04. The Labute approximate surface area is 152 Å². The summed E-state index contributed by atoms with van der Waals surface area (Å²) in [6.07, 6.45) is -0.164. The topological polar surface area (TPSA) is 93.7 Å². The van der Waals surface area contributed by atoms with Crippen LogP contribution in [-0.2, 0) is 25.7 Å². The van der Waals surface area contributed by atoms with E-state index in [1.165, 1.54) is 14.0 Å². The van der Waals surface area contributed by atoms with E-state index in [4.69, 9.17) is 4.74 Å². The van der Waals surface area contributed by atoms with E-state index in [1.54, 1.807) is 0 Å². The molecule has 2 amide bonds. The number of carbonyl (C=O) groups is 3. The van der Waals surface area contributed by atoms with Crippen molar-refractivity contribution in [1.29, 1.82) is 0 Å². The van der Waals surface area contributed by atoms with Crippen LogP contribution in [0.4, 0.5) is 4.79 Å². The maximum atomic E-state index is 12.2. The second-order valence-corrected chi connectivity index (χ2v) is 6.08. The number of nitrogens with one attached hydrogen (secondary N) is 2. The quantitative estimate of drug-likeness (QED) is 0.479. The molecule has 7 nitrogen and oxygen atoms in total. The average molecular weight is 368 g/mol. The largest absolute Gasteiger partial charge is 0.467 e. The van der Waals surface area contributed by atoms with E-state index in [-0.39, 0.29) is 6.61 Å². The molecule has 0 aliphatic carbocycles. The van der Waals surface area contributed by atoms with Crippen molar-refractivity contribution in [1.82, 2.24) is 10.6 Å². The second-order valence-electron chi connectivity index (χ2n) is 5.41. The van der Waals surface area contributed by atoms with Gasteiger partial charge in [-0.05, 0) is 18.9 Å². The Balaban J connectivity index is 2.51. The molecule has 0 aliphatic rings. The van der Waals surface area contributed by atoms with Gasteiger partial charge in [-0.25, -0.2) is 9.59 Å². The molecule has 8 heteroatoms. The summed E-state index contributed by atoms with van der Waals surface area (Å²) >= 11 is 4.28. The first-order chi connectivity index (χ1) is 11.9. The van der Waals surface area contributed by atoms with E-state index in [9.17, 15) is 14.4 Å². The van der Waals surface area contributed by atoms with E-state index in [0.717, 1.165) is 5.56 Å². The number of esters is 1. The molecule has 0 aromatic heterocycles. The Hall–Kier alpha value is -2.22. The predicted molar refractivity (Wildman–Crippen MR) is 96.2 cm³/mol. The molecule has 0 fully saturated rings. The molecule has 2 N–H and O–H groups in total. The van der Waals surface area contributed by atoms with Crippen LogP contribution >= 0.6 is 12.6 Å². The van der Waals surface area contributed by atoms with Crippen LogP contribution in [0.15, 0.2) is 30.3 Å². The van der Waals surface area contributed by atoms with Crippen molar-refractivity contribution in [2.75, 3.05) is 7.11 Å². The lowest BCUT2D eigenvalue weighted by Gasteiger charge is -2.23. The zero-order valence-corrected chi connectivity index (χ0v) is 15.4. The van der Waals surface area contributed by atoms with Crippen molar-refractivity contribution >= 4 is 30.6 Å². The molecule has 1 aromatic carbocycles. The summed E-state index contributed by atoms with van der Waals surface area (Å²) in [5.74, 6) is -1.12. The number of carbonyl (C=O) groups excluding carboxylic acids is 3. The van der Waals surface area contributed by atoms with E-state index in [1.807, 2.05) is 37.3 Å². The van der Waals surface area contributed by atoms with Gasteiger partial charge in [-0.2, -0.15) is 12.6 Å². The van der Waals surface area contributed by atoms with Crippen LogP contribution < -0.4 is 10.6 Å².